The molecule has 11 heteroatoms. The van der Waals surface area contributed by atoms with E-state index < -0.39 is 23.6 Å². The molecule has 2 aromatic rings. The van der Waals surface area contributed by atoms with Crippen molar-refractivity contribution in [3.63, 3.8) is 0 Å². The fourth-order valence-electron chi connectivity index (χ4n) is 5.04. The van der Waals surface area contributed by atoms with Gasteiger partial charge in [-0.25, -0.2) is 0 Å². The van der Waals surface area contributed by atoms with Gasteiger partial charge in [0.1, 0.15) is 0 Å². The number of hydrogen-bond donors (Lipinski definition) is 2. The third kappa shape index (κ3) is 5.32. The minimum atomic E-state index is -0.430. The number of anilines is 2. The van der Waals surface area contributed by atoms with Crippen molar-refractivity contribution in [3.05, 3.63) is 71.8 Å². The van der Waals surface area contributed by atoms with Crippen LogP contribution < -0.4 is 10.6 Å². The van der Waals surface area contributed by atoms with E-state index in [-0.39, 0.29) is 43.7 Å². The number of rotatable bonds is 10. The summed E-state index contributed by atoms with van der Waals surface area (Å²) in [5.74, 6) is -2.53. The Labute approximate surface area is 229 Å². The van der Waals surface area contributed by atoms with E-state index in [1.807, 2.05) is 24.3 Å². The number of nitrogens with one attached hydrogen (secondary N) is 2. The molecule has 0 saturated heterocycles. The minimum absolute atomic E-state index is 0.00475. The predicted molar refractivity (Wildman–Crippen MR) is 144 cm³/mol. The summed E-state index contributed by atoms with van der Waals surface area (Å²) < 4.78 is 5.49. The molecule has 0 aromatic heterocycles. The zero-order valence-corrected chi connectivity index (χ0v) is 21.6. The lowest BCUT2D eigenvalue weighted by Gasteiger charge is -2.16. The van der Waals surface area contributed by atoms with E-state index >= 15 is 0 Å². The lowest BCUT2D eigenvalue weighted by Crippen LogP contribution is -2.33. The van der Waals surface area contributed by atoms with Gasteiger partial charge in [-0.3, -0.25) is 38.6 Å². The lowest BCUT2D eigenvalue weighted by molar-refractivity contribution is -0.138. The molecule has 204 valence electrons. The summed E-state index contributed by atoms with van der Waals surface area (Å²) >= 11 is 0. The molecule has 5 rings (SSSR count). The average Bonchev–Trinajstić information content (AvgIpc) is 3.53. The normalized spacial score (nSPS) is 15.7. The van der Waals surface area contributed by atoms with Gasteiger partial charge in [-0.2, -0.15) is 0 Å². The number of methoxy groups -OCH3 is 1. The molecule has 6 amide bonds. The van der Waals surface area contributed by atoms with E-state index in [9.17, 15) is 28.8 Å². The highest BCUT2D eigenvalue weighted by molar-refractivity contribution is 6.13. The summed E-state index contributed by atoms with van der Waals surface area (Å²) in [6, 6.07) is 11.1. The second-order valence-corrected chi connectivity index (χ2v) is 9.53. The first-order valence-corrected chi connectivity index (χ1v) is 12.7. The van der Waals surface area contributed by atoms with Gasteiger partial charge in [-0.05, 0) is 46.5 Å². The molecule has 0 unspecified atom stereocenters. The summed E-state index contributed by atoms with van der Waals surface area (Å²) in [7, 11) is 1.60. The van der Waals surface area contributed by atoms with E-state index in [1.165, 1.54) is 24.3 Å². The number of benzene rings is 2. The molecule has 11 nitrogen and oxygen atoms in total. The van der Waals surface area contributed by atoms with E-state index in [1.54, 1.807) is 19.2 Å². The molecule has 1 aliphatic carbocycles. The maximum absolute atomic E-state index is 12.5. The van der Waals surface area contributed by atoms with Crippen LogP contribution in [0, 0.1) is 0 Å². The molecule has 40 heavy (non-hydrogen) atoms. The number of carbonyl (C=O) groups is 6. The van der Waals surface area contributed by atoms with Crippen LogP contribution in [0.25, 0.3) is 11.1 Å². The predicted octanol–water partition coefficient (Wildman–Crippen LogP) is 1.95. The largest absolute Gasteiger partial charge is 0.384 e. The summed E-state index contributed by atoms with van der Waals surface area (Å²) in [5, 5.41) is 5.67. The highest BCUT2D eigenvalue weighted by atomic mass is 16.5. The summed E-state index contributed by atoms with van der Waals surface area (Å²) in [4.78, 5) is 73.9. The molecule has 2 N–H and O–H groups in total. The molecule has 0 saturated carbocycles. The molecule has 0 atom stereocenters. The second kappa shape index (κ2) is 11.1. The highest BCUT2D eigenvalue weighted by Crippen LogP contribution is 2.46. The van der Waals surface area contributed by atoms with Gasteiger partial charge < -0.3 is 15.4 Å². The van der Waals surface area contributed by atoms with Crippen molar-refractivity contribution in [1.82, 2.24) is 9.80 Å². The molecule has 2 aliphatic heterocycles. The van der Waals surface area contributed by atoms with Crippen molar-refractivity contribution < 1.29 is 33.5 Å². The second-order valence-electron chi connectivity index (χ2n) is 9.53. The molecule has 0 radical (unpaired) electrons. The van der Waals surface area contributed by atoms with Gasteiger partial charge in [0.25, 0.3) is 23.6 Å². The SMILES string of the molecule is COCC1c2cc(NC(=O)CCN3C(=O)C=CC3=O)ccc2-c2ccc(NC(=O)CCN3C(=O)C=CC3=O)cc21. The first-order chi connectivity index (χ1) is 19.2. The van der Waals surface area contributed by atoms with Crippen molar-refractivity contribution >= 4 is 46.8 Å². The monoisotopic (exact) mass is 542 g/mol. The Hall–Kier alpha value is -4.90. The van der Waals surface area contributed by atoms with Crippen LogP contribution in [0.5, 0.6) is 0 Å². The zero-order valence-electron chi connectivity index (χ0n) is 21.6. The fourth-order valence-corrected chi connectivity index (χ4v) is 5.04. The molecule has 0 bridgehead atoms. The van der Waals surface area contributed by atoms with Crippen LogP contribution in [0.4, 0.5) is 11.4 Å². The Balaban J connectivity index is 1.25. The molecule has 0 spiro atoms. The number of hydrogen-bond acceptors (Lipinski definition) is 7. The van der Waals surface area contributed by atoms with Crippen molar-refractivity contribution in [2.24, 2.45) is 0 Å². The van der Waals surface area contributed by atoms with Gasteiger partial charge in [0.15, 0.2) is 0 Å². The average molecular weight is 543 g/mol. The van der Waals surface area contributed by atoms with Crippen molar-refractivity contribution in [1.29, 1.82) is 0 Å². The third-order valence-electron chi connectivity index (χ3n) is 6.97. The van der Waals surface area contributed by atoms with Crippen LogP contribution >= 0.6 is 0 Å². The van der Waals surface area contributed by atoms with E-state index in [4.69, 9.17) is 4.74 Å². The van der Waals surface area contributed by atoms with Crippen LogP contribution in [-0.2, 0) is 33.5 Å². The van der Waals surface area contributed by atoms with E-state index in [2.05, 4.69) is 10.6 Å². The number of carbonyl (C=O) groups excluding carboxylic acids is 6. The van der Waals surface area contributed by atoms with Crippen LogP contribution in [0.1, 0.15) is 29.9 Å². The fraction of sp³-hybridized carbons (Fsp3) is 0.241. The molecule has 2 heterocycles. The number of amides is 6. The number of imide groups is 2. The summed E-state index contributed by atoms with van der Waals surface area (Å²) in [5.41, 5.74) is 5.00. The first-order valence-electron chi connectivity index (χ1n) is 12.7. The lowest BCUT2D eigenvalue weighted by atomic mass is 9.97. The van der Waals surface area contributed by atoms with E-state index in [0.29, 0.717) is 18.0 Å². The Bertz CT molecular complexity index is 1360. The Morgan fingerprint density at radius 1 is 0.700 bits per heavy atom. The standard InChI is InChI=1S/C29H26N4O7/c1-40-16-23-21-14-17(30-24(34)10-12-32-26(36)6-7-27(32)37)2-4-19(21)20-5-3-18(15-22(20)23)31-25(35)11-13-33-28(38)8-9-29(33)39/h2-9,14-15,23H,10-13,16H2,1H3,(H,30,34)(H,31,35). The topological polar surface area (TPSA) is 142 Å². The van der Waals surface area contributed by atoms with Crippen LogP contribution in [0.3, 0.4) is 0 Å². The third-order valence-corrected chi connectivity index (χ3v) is 6.97. The highest BCUT2D eigenvalue weighted by Gasteiger charge is 2.30. The van der Waals surface area contributed by atoms with Crippen molar-refractivity contribution in [3.8, 4) is 11.1 Å². The van der Waals surface area contributed by atoms with Gasteiger partial charge >= 0.3 is 0 Å². The van der Waals surface area contributed by atoms with Gasteiger partial charge in [-0.1, -0.05) is 12.1 Å². The van der Waals surface area contributed by atoms with Gasteiger partial charge in [0, 0.05) is 74.6 Å². The molecule has 3 aliphatic rings. The maximum atomic E-state index is 12.5. The van der Waals surface area contributed by atoms with Gasteiger partial charge in [0.05, 0.1) is 6.61 Å². The van der Waals surface area contributed by atoms with Crippen molar-refractivity contribution in [2.45, 2.75) is 18.8 Å². The summed E-state index contributed by atoms with van der Waals surface area (Å²) in [6.45, 7) is 0.359. The van der Waals surface area contributed by atoms with E-state index in [0.717, 1.165) is 32.1 Å². The molecular formula is C29H26N4O7. The van der Waals surface area contributed by atoms with Gasteiger partial charge in [0.2, 0.25) is 11.8 Å². The first kappa shape index (κ1) is 26.7. The number of nitrogens with zero attached hydrogens (tertiary/aromatic N) is 2. The quantitative estimate of drug-likeness (QED) is 0.437. The summed E-state index contributed by atoms with van der Waals surface area (Å²) in [6.07, 6.45) is 4.67. The van der Waals surface area contributed by atoms with Crippen LogP contribution in [0.2, 0.25) is 0 Å². The number of ether oxygens (including phenoxy) is 1. The van der Waals surface area contributed by atoms with Crippen LogP contribution in [0.15, 0.2) is 60.7 Å². The Morgan fingerprint density at radius 3 is 1.48 bits per heavy atom. The minimum Gasteiger partial charge on any atom is -0.384 e. The maximum Gasteiger partial charge on any atom is 0.253 e. The Morgan fingerprint density at radius 2 is 1.10 bits per heavy atom. The smallest absolute Gasteiger partial charge is 0.253 e. The Kier molecular flexibility index (Phi) is 7.39. The molecular weight excluding hydrogens is 516 g/mol. The van der Waals surface area contributed by atoms with Gasteiger partial charge in [-0.15, -0.1) is 0 Å². The molecule has 2 aromatic carbocycles. The van der Waals surface area contributed by atoms with Crippen molar-refractivity contribution in [2.75, 3.05) is 37.4 Å². The molecule has 0 fully saturated rings. The zero-order chi connectivity index (χ0) is 28.4. The van der Waals surface area contributed by atoms with Crippen LogP contribution in [-0.4, -0.2) is 72.0 Å². The number of fused-ring (bicyclic) bond motifs is 3.